The first kappa shape index (κ1) is 9.86. The van der Waals surface area contributed by atoms with Gasteiger partial charge in [0, 0.05) is 0 Å². The second kappa shape index (κ2) is 5.70. The van der Waals surface area contributed by atoms with E-state index in [1.807, 2.05) is 0 Å². The third-order valence-corrected chi connectivity index (χ3v) is 0. The molecule has 0 heterocycles. The standard InChI is InChI=1S/C3H9B.K/c1-4(2)3;/h1-3H3;/q-1;+1. The minimum Gasteiger partial charge on any atom is -0.221 e. The summed E-state index contributed by atoms with van der Waals surface area (Å²) in [4.78, 5) is 0. The van der Waals surface area contributed by atoms with E-state index >= 15 is 0 Å². The molecule has 0 aliphatic carbocycles. The maximum atomic E-state index is 2.17. The van der Waals surface area contributed by atoms with Crippen LogP contribution in [-0.2, 0) is 0 Å². The van der Waals surface area contributed by atoms with Crippen LogP contribution in [0.3, 0.4) is 0 Å². The number of rotatable bonds is 0. The van der Waals surface area contributed by atoms with Gasteiger partial charge in [0.2, 0.25) is 0 Å². The van der Waals surface area contributed by atoms with Gasteiger partial charge in [-0.25, -0.2) is 20.5 Å². The van der Waals surface area contributed by atoms with E-state index in [9.17, 15) is 0 Å². The van der Waals surface area contributed by atoms with Gasteiger partial charge in [0.1, 0.15) is 0 Å². The summed E-state index contributed by atoms with van der Waals surface area (Å²) >= 11 is 0. The second-order valence-corrected chi connectivity index (χ2v) is 1.73. The predicted octanol–water partition coefficient (Wildman–Crippen LogP) is -1.63. The maximum Gasteiger partial charge on any atom is 1.00 e. The molecule has 2 heteroatoms. The van der Waals surface area contributed by atoms with E-state index in [0.717, 1.165) is 6.71 Å². The topological polar surface area (TPSA) is 0 Å². The van der Waals surface area contributed by atoms with Crippen LogP contribution in [0.1, 0.15) is 0 Å². The van der Waals surface area contributed by atoms with Gasteiger partial charge < -0.3 is 0 Å². The Labute approximate surface area is 77.2 Å². The van der Waals surface area contributed by atoms with Gasteiger partial charge in [0.25, 0.3) is 0 Å². The van der Waals surface area contributed by atoms with Gasteiger partial charge in [0.15, 0.2) is 0 Å². The van der Waals surface area contributed by atoms with Gasteiger partial charge >= 0.3 is 51.4 Å². The van der Waals surface area contributed by atoms with Crippen molar-refractivity contribution in [1.29, 1.82) is 0 Å². The molecule has 0 aliphatic rings. The summed E-state index contributed by atoms with van der Waals surface area (Å²) in [5.41, 5.74) is 0. The zero-order valence-electron chi connectivity index (χ0n) is 4.58. The molecule has 0 saturated carbocycles. The summed E-state index contributed by atoms with van der Waals surface area (Å²) in [5.74, 6) is 0. The van der Waals surface area contributed by atoms with Gasteiger partial charge in [0.05, 0.1) is 0 Å². The first-order valence-corrected chi connectivity index (χ1v) is 1.73. The molecule has 0 bridgehead atoms. The summed E-state index contributed by atoms with van der Waals surface area (Å²) in [5, 5.41) is 0. The largest absolute Gasteiger partial charge is 1.00 e. The molecule has 0 fully saturated rings. The summed E-state index contributed by atoms with van der Waals surface area (Å²) in [6.45, 7) is 7.33. The predicted molar refractivity (Wildman–Crippen MR) is 23.3 cm³/mol. The summed E-state index contributed by atoms with van der Waals surface area (Å²) < 4.78 is 0. The SMILES string of the molecule is C[B-](C)C.[K+]. The van der Waals surface area contributed by atoms with Crippen molar-refractivity contribution in [3.8, 4) is 0 Å². The molecule has 0 aliphatic heterocycles. The van der Waals surface area contributed by atoms with Crippen LogP contribution < -0.4 is 51.4 Å². The van der Waals surface area contributed by atoms with Crippen LogP contribution in [0.2, 0.25) is 20.5 Å². The van der Waals surface area contributed by atoms with E-state index < -0.39 is 0 Å². The molecule has 0 aromatic rings. The van der Waals surface area contributed by atoms with Gasteiger partial charge in [-0.2, -0.15) is 0 Å². The molecule has 0 unspecified atom stereocenters. The van der Waals surface area contributed by atoms with Gasteiger partial charge in [-0.05, 0) is 0 Å². The summed E-state index contributed by atoms with van der Waals surface area (Å²) in [6.07, 6.45) is 0. The maximum absolute atomic E-state index is 2.17. The Hall–Kier alpha value is 1.70. The Morgan fingerprint density at radius 3 is 1.00 bits per heavy atom. The Morgan fingerprint density at radius 2 is 1.00 bits per heavy atom. The molecule has 0 atom stereocenters. The van der Waals surface area contributed by atoms with Gasteiger partial charge in [-0.1, -0.05) is 0 Å². The van der Waals surface area contributed by atoms with Crippen molar-refractivity contribution in [1.82, 2.24) is 0 Å². The second-order valence-electron chi connectivity index (χ2n) is 1.73. The van der Waals surface area contributed by atoms with Crippen molar-refractivity contribution >= 4 is 6.71 Å². The van der Waals surface area contributed by atoms with Crippen molar-refractivity contribution in [3.05, 3.63) is 0 Å². The average molecular weight is 95.0 g/mol. The smallest absolute Gasteiger partial charge is 0.221 e. The molecule has 0 aromatic carbocycles. The third kappa shape index (κ3) is 27.0. The van der Waals surface area contributed by atoms with E-state index in [2.05, 4.69) is 20.5 Å². The van der Waals surface area contributed by atoms with Crippen LogP contribution in [0.25, 0.3) is 0 Å². The van der Waals surface area contributed by atoms with Crippen molar-refractivity contribution < 1.29 is 51.4 Å². The van der Waals surface area contributed by atoms with Crippen molar-refractivity contribution in [2.75, 3.05) is 0 Å². The van der Waals surface area contributed by atoms with Crippen molar-refractivity contribution in [3.63, 3.8) is 0 Å². The Kier molecular flexibility index (Phi) is 11.2. The minimum atomic E-state index is 0. The zero-order valence-corrected chi connectivity index (χ0v) is 7.70. The fourth-order valence-corrected chi connectivity index (χ4v) is 0. The van der Waals surface area contributed by atoms with Crippen LogP contribution >= 0.6 is 0 Å². The van der Waals surface area contributed by atoms with E-state index in [4.69, 9.17) is 0 Å². The van der Waals surface area contributed by atoms with Crippen LogP contribution in [0.15, 0.2) is 0 Å². The van der Waals surface area contributed by atoms with Gasteiger partial charge in [-0.3, -0.25) is 0 Å². The van der Waals surface area contributed by atoms with E-state index in [-0.39, 0.29) is 51.4 Å². The summed E-state index contributed by atoms with van der Waals surface area (Å²) in [6, 6.07) is 0. The van der Waals surface area contributed by atoms with Crippen LogP contribution in [0, 0.1) is 0 Å². The number of hydrogen-bond acceptors (Lipinski definition) is 0. The fourth-order valence-electron chi connectivity index (χ4n) is 0. The fraction of sp³-hybridized carbons (Fsp3) is 1.00. The molecule has 0 spiro atoms. The average Bonchev–Trinajstić information content (AvgIpc) is 0.811. The molecule has 25 valence electrons. The molecule has 0 saturated heterocycles. The Bertz CT molecular complexity index is 11.6. The molecule has 0 nitrogen and oxygen atoms in total. The van der Waals surface area contributed by atoms with Crippen molar-refractivity contribution in [2.24, 2.45) is 0 Å². The zero-order chi connectivity index (χ0) is 3.58. The molecular formula is C3H9BK. The van der Waals surface area contributed by atoms with Crippen LogP contribution in [0.5, 0.6) is 0 Å². The third-order valence-electron chi connectivity index (χ3n) is 0. The number of hydrogen-bond donors (Lipinski definition) is 0. The van der Waals surface area contributed by atoms with E-state index in [1.165, 1.54) is 0 Å². The molecule has 0 N–H and O–H groups in total. The van der Waals surface area contributed by atoms with Gasteiger partial charge in [-0.15, -0.1) is 6.71 Å². The minimum absolute atomic E-state index is 0. The van der Waals surface area contributed by atoms with Crippen molar-refractivity contribution in [2.45, 2.75) is 20.5 Å². The van der Waals surface area contributed by atoms with Crippen LogP contribution in [-0.4, -0.2) is 6.71 Å². The summed E-state index contributed by atoms with van der Waals surface area (Å²) in [7, 11) is 0. The molecule has 1 radical (unpaired) electrons. The molecule has 0 rings (SSSR count). The van der Waals surface area contributed by atoms with Crippen LogP contribution in [0.4, 0.5) is 0 Å². The molecular weight excluding hydrogens is 85.9 g/mol. The normalized spacial score (nSPS) is 7.20. The molecule has 0 amide bonds. The van der Waals surface area contributed by atoms with E-state index in [1.54, 1.807) is 0 Å². The molecule has 0 aromatic heterocycles. The Balaban J connectivity index is 0. The first-order valence-electron chi connectivity index (χ1n) is 1.73. The van der Waals surface area contributed by atoms with E-state index in [0.29, 0.717) is 0 Å². The first-order chi connectivity index (χ1) is 1.73. The Morgan fingerprint density at radius 1 is 1.00 bits per heavy atom. The molecule has 5 heavy (non-hydrogen) atoms. The monoisotopic (exact) mass is 95.0 g/mol. The quantitative estimate of drug-likeness (QED) is 0.317.